The third-order valence-corrected chi connectivity index (χ3v) is 1.67. The van der Waals surface area contributed by atoms with Crippen LogP contribution in [0.2, 0.25) is 0 Å². The maximum atomic E-state index is 5.49. The van der Waals surface area contributed by atoms with E-state index in [1.54, 1.807) is 29.2 Å². The fraction of sp³-hybridized carbons (Fsp3) is 0. The molecule has 0 aliphatic rings. The molecule has 2 aromatic rings. The molecule has 0 aliphatic heterocycles. The maximum Gasteiger partial charge on any atom is 0.170 e. The highest BCUT2D eigenvalue weighted by molar-refractivity contribution is 5.95. The van der Waals surface area contributed by atoms with Crippen LogP contribution in [0.1, 0.15) is 5.69 Å². The first kappa shape index (κ1) is 7.53. The van der Waals surface area contributed by atoms with E-state index in [9.17, 15) is 0 Å². The number of hydrogen-bond acceptors (Lipinski definition) is 4. The fourth-order valence-corrected chi connectivity index (χ4v) is 1.03. The molecule has 4 N–H and O–H groups in total. The Morgan fingerprint density at radius 2 is 2.38 bits per heavy atom. The number of hydrazone groups is 1. The third kappa shape index (κ3) is 1.18. The average Bonchev–Trinajstić information content (AvgIpc) is 2.59. The quantitative estimate of drug-likeness (QED) is 0.260. The molecule has 2 aromatic heterocycles. The van der Waals surface area contributed by atoms with Gasteiger partial charge in [-0.2, -0.15) is 5.10 Å². The van der Waals surface area contributed by atoms with Crippen molar-refractivity contribution in [1.82, 2.24) is 14.4 Å². The van der Waals surface area contributed by atoms with Crippen LogP contribution in [-0.2, 0) is 0 Å². The molecule has 0 unspecified atom stereocenters. The van der Waals surface area contributed by atoms with Crippen LogP contribution in [0, 0.1) is 0 Å². The second kappa shape index (κ2) is 2.74. The molecule has 0 fully saturated rings. The average molecular weight is 176 g/mol. The second-order valence-corrected chi connectivity index (χ2v) is 2.48. The molecule has 0 saturated carbocycles. The molecule has 0 spiro atoms. The molecule has 0 aliphatic carbocycles. The Balaban J connectivity index is 2.62. The first-order valence-electron chi connectivity index (χ1n) is 3.63. The van der Waals surface area contributed by atoms with Gasteiger partial charge in [-0.05, 0) is 0 Å². The monoisotopic (exact) mass is 176 g/mol. The highest BCUT2D eigenvalue weighted by Gasteiger charge is 2.03. The van der Waals surface area contributed by atoms with Gasteiger partial charge in [-0.25, -0.2) is 4.98 Å². The Morgan fingerprint density at radius 3 is 3.08 bits per heavy atom. The lowest BCUT2D eigenvalue weighted by Crippen LogP contribution is -2.15. The van der Waals surface area contributed by atoms with Crippen LogP contribution in [0.25, 0.3) is 5.65 Å². The zero-order valence-electron chi connectivity index (χ0n) is 6.75. The van der Waals surface area contributed by atoms with Crippen LogP contribution in [0.3, 0.4) is 0 Å². The van der Waals surface area contributed by atoms with E-state index in [0.717, 1.165) is 0 Å². The van der Waals surface area contributed by atoms with Crippen molar-refractivity contribution in [3.05, 3.63) is 30.5 Å². The van der Waals surface area contributed by atoms with Crippen molar-refractivity contribution in [3.63, 3.8) is 0 Å². The summed E-state index contributed by atoms with van der Waals surface area (Å²) in [6, 6.07) is 0. The van der Waals surface area contributed by atoms with Crippen molar-refractivity contribution in [2.75, 3.05) is 0 Å². The molecule has 6 nitrogen and oxygen atoms in total. The molecule has 0 aromatic carbocycles. The highest BCUT2D eigenvalue weighted by Crippen LogP contribution is 2.01. The molecule has 0 amide bonds. The van der Waals surface area contributed by atoms with Gasteiger partial charge >= 0.3 is 0 Å². The summed E-state index contributed by atoms with van der Waals surface area (Å²) >= 11 is 0. The summed E-state index contributed by atoms with van der Waals surface area (Å²) in [4.78, 5) is 8.06. The summed E-state index contributed by atoms with van der Waals surface area (Å²) in [5, 5.41) is 3.35. The Morgan fingerprint density at radius 1 is 1.54 bits per heavy atom. The largest absolute Gasteiger partial charge is 0.380 e. The standard InChI is InChI=1S/C7H8N6/c8-7(12-9)5-4-13-2-1-10-3-6(13)11-5/h1-4H,9H2,(H2,8,12). The minimum Gasteiger partial charge on any atom is -0.380 e. The Bertz CT molecular complexity index is 424. The van der Waals surface area contributed by atoms with E-state index in [1.165, 1.54) is 0 Å². The van der Waals surface area contributed by atoms with E-state index >= 15 is 0 Å². The number of nitrogens with two attached hydrogens (primary N) is 2. The van der Waals surface area contributed by atoms with Crippen LogP contribution in [-0.4, -0.2) is 20.2 Å². The smallest absolute Gasteiger partial charge is 0.170 e. The van der Waals surface area contributed by atoms with Crippen molar-refractivity contribution in [1.29, 1.82) is 0 Å². The van der Waals surface area contributed by atoms with Crippen LogP contribution in [0.15, 0.2) is 29.9 Å². The van der Waals surface area contributed by atoms with E-state index in [-0.39, 0.29) is 5.84 Å². The number of aromatic nitrogens is 3. The topological polar surface area (TPSA) is 94.6 Å². The lowest BCUT2D eigenvalue weighted by Gasteiger charge is -1.88. The predicted molar refractivity (Wildman–Crippen MR) is 47.9 cm³/mol. The molecular formula is C7H8N6. The number of amidine groups is 1. The van der Waals surface area contributed by atoms with Crippen molar-refractivity contribution < 1.29 is 0 Å². The van der Waals surface area contributed by atoms with Crippen LogP contribution >= 0.6 is 0 Å². The first-order valence-corrected chi connectivity index (χ1v) is 3.63. The minimum absolute atomic E-state index is 0.212. The molecule has 2 rings (SSSR count). The van der Waals surface area contributed by atoms with Gasteiger partial charge in [0, 0.05) is 18.6 Å². The summed E-state index contributed by atoms with van der Waals surface area (Å²) in [6.45, 7) is 0. The van der Waals surface area contributed by atoms with Crippen molar-refractivity contribution in [2.24, 2.45) is 16.7 Å². The van der Waals surface area contributed by atoms with Crippen molar-refractivity contribution in [2.45, 2.75) is 0 Å². The van der Waals surface area contributed by atoms with Crippen molar-refractivity contribution in [3.8, 4) is 0 Å². The van der Waals surface area contributed by atoms with Gasteiger partial charge in [0.1, 0.15) is 5.69 Å². The zero-order valence-corrected chi connectivity index (χ0v) is 6.75. The van der Waals surface area contributed by atoms with Gasteiger partial charge in [-0.15, -0.1) is 0 Å². The molecule has 0 radical (unpaired) electrons. The van der Waals surface area contributed by atoms with Gasteiger partial charge in [0.05, 0.1) is 6.20 Å². The number of rotatable bonds is 1. The molecule has 6 heteroatoms. The summed E-state index contributed by atoms with van der Waals surface area (Å²) < 4.78 is 1.79. The van der Waals surface area contributed by atoms with Gasteiger partial charge in [0.2, 0.25) is 0 Å². The van der Waals surface area contributed by atoms with E-state index in [4.69, 9.17) is 11.6 Å². The maximum absolute atomic E-state index is 5.49. The lowest BCUT2D eigenvalue weighted by molar-refractivity contribution is 1.13. The number of fused-ring (bicyclic) bond motifs is 1. The molecule has 13 heavy (non-hydrogen) atoms. The van der Waals surface area contributed by atoms with Gasteiger partial charge in [-0.1, -0.05) is 0 Å². The predicted octanol–water partition coefficient (Wildman–Crippen LogP) is -0.692. The minimum atomic E-state index is 0.212. The zero-order chi connectivity index (χ0) is 9.26. The molecule has 0 atom stereocenters. The fourth-order valence-electron chi connectivity index (χ4n) is 1.03. The highest BCUT2D eigenvalue weighted by atomic mass is 15.2. The summed E-state index contributed by atoms with van der Waals surface area (Å²) in [5.41, 5.74) is 6.75. The Labute approximate surface area is 73.9 Å². The van der Waals surface area contributed by atoms with Gasteiger partial charge < -0.3 is 16.0 Å². The van der Waals surface area contributed by atoms with Crippen LogP contribution in [0.5, 0.6) is 0 Å². The molecule has 66 valence electrons. The van der Waals surface area contributed by atoms with E-state index in [2.05, 4.69) is 15.1 Å². The van der Waals surface area contributed by atoms with Gasteiger partial charge in [0.25, 0.3) is 0 Å². The number of nitrogens with zero attached hydrogens (tertiary/aromatic N) is 4. The van der Waals surface area contributed by atoms with Crippen LogP contribution < -0.4 is 11.6 Å². The van der Waals surface area contributed by atoms with Gasteiger partial charge in [-0.3, -0.25) is 4.98 Å². The normalized spacial score (nSPS) is 12.2. The summed E-state index contributed by atoms with van der Waals surface area (Å²) in [5.74, 6) is 5.24. The Hall–Kier alpha value is -2.11. The van der Waals surface area contributed by atoms with Gasteiger partial charge in [0.15, 0.2) is 11.5 Å². The first-order chi connectivity index (χ1) is 6.31. The van der Waals surface area contributed by atoms with E-state index in [1.807, 2.05) is 0 Å². The summed E-state index contributed by atoms with van der Waals surface area (Å²) in [7, 11) is 0. The number of hydrogen-bond donors (Lipinski definition) is 2. The molecule has 0 saturated heterocycles. The second-order valence-electron chi connectivity index (χ2n) is 2.48. The lowest BCUT2D eigenvalue weighted by atomic mass is 10.4. The Kier molecular flexibility index (Phi) is 1.59. The summed E-state index contributed by atoms with van der Waals surface area (Å²) in [6.07, 6.45) is 6.81. The van der Waals surface area contributed by atoms with E-state index < -0.39 is 0 Å². The van der Waals surface area contributed by atoms with E-state index in [0.29, 0.717) is 11.3 Å². The van der Waals surface area contributed by atoms with Crippen LogP contribution in [0.4, 0.5) is 0 Å². The molecular weight excluding hydrogens is 168 g/mol. The molecule has 0 bridgehead atoms. The SMILES string of the molecule is N/N=C(\N)c1cn2ccncc2n1. The van der Waals surface area contributed by atoms with Crippen molar-refractivity contribution >= 4 is 11.5 Å². The number of imidazole rings is 1. The molecule has 2 heterocycles. The third-order valence-electron chi connectivity index (χ3n) is 1.67.